The number of carbonyl (C=O) groups is 1. The fourth-order valence-electron chi connectivity index (χ4n) is 2.32. The topological polar surface area (TPSA) is 44.1 Å². The second-order valence-corrected chi connectivity index (χ2v) is 4.25. The zero-order valence-electron chi connectivity index (χ0n) is 11.1. The highest BCUT2D eigenvalue weighted by molar-refractivity contribution is 5.98. The van der Waals surface area contributed by atoms with Crippen molar-refractivity contribution < 1.29 is 9.53 Å². The number of hydrogen-bond acceptors (Lipinski definition) is 3. The minimum atomic E-state index is -0.250. The Hall–Kier alpha value is -1.84. The van der Waals surface area contributed by atoms with Gasteiger partial charge in [0.15, 0.2) is 0 Å². The molecule has 2 heterocycles. The highest BCUT2D eigenvalue weighted by Crippen LogP contribution is 2.26. The Morgan fingerprint density at radius 2 is 2.22 bits per heavy atom. The lowest BCUT2D eigenvalue weighted by molar-refractivity contribution is 0.0514. The Morgan fingerprint density at radius 3 is 2.89 bits per heavy atom. The Balaban J connectivity index is 2.65. The van der Waals surface area contributed by atoms with E-state index in [0.717, 1.165) is 29.3 Å². The number of pyridine rings is 1. The average Bonchev–Trinajstić information content (AvgIpc) is 2.65. The number of aromatic nitrogens is 2. The molecule has 0 aromatic carbocycles. The van der Waals surface area contributed by atoms with Gasteiger partial charge in [-0.25, -0.2) is 4.79 Å². The van der Waals surface area contributed by atoms with Gasteiger partial charge in [0.2, 0.25) is 0 Å². The highest BCUT2D eigenvalue weighted by atomic mass is 16.5. The summed E-state index contributed by atoms with van der Waals surface area (Å²) in [6.45, 7) is 4.32. The van der Waals surface area contributed by atoms with E-state index in [4.69, 9.17) is 4.74 Å². The zero-order valence-corrected chi connectivity index (χ0v) is 11.1. The first-order chi connectivity index (χ1) is 8.70. The third kappa shape index (κ3) is 1.98. The van der Waals surface area contributed by atoms with Crippen LogP contribution in [0, 0.1) is 0 Å². The van der Waals surface area contributed by atoms with Gasteiger partial charge in [0.25, 0.3) is 0 Å². The van der Waals surface area contributed by atoms with E-state index in [0.29, 0.717) is 12.3 Å². The first-order valence-electron chi connectivity index (χ1n) is 6.29. The predicted molar refractivity (Wildman–Crippen MR) is 70.7 cm³/mol. The first kappa shape index (κ1) is 12.6. The first-order valence-corrected chi connectivity index (χ1v) is 6.29. The summed E-state index contributed by atoms with van der Waals surface area (Å²) in [4.78, 5) is 16.2. The maximum absolute atomic E-state index is 12.1. The number of hydrogen-bond donors (Lipinski definition) is 0. The fourth-order valence-corrected chi connectivity index (χ4v) is 2.32. The van der Waals surface area contributed by atoms with Crippen LogP contribution in [0.1, 0.15) is 36.3 Å². The average molecular weight is 246 g/mol. The van der Waals surface area contributed by atoms with Crippen LogP contribution in [0.15, 0.2) is 18.5 Å². The summed E-state index contributed by atoms with van der Waals surface area (Å²) in [5, 5.41) is 1.09. The van der Waals surface area contributed by atoms with Crippen molar-refractivity contribution in [2.24, 2.45) is 7.05 Å². The number of carbonyl (C=O) groups excluding carboxylic acids is 1. The van der Waals surface area contributed by atoms with Gasteiger partial charge in [-0.1, -0.05) is 13.3 Å². The van der Waals surface area contributed by atoms with Crippen LogP contribution in [-0.4, -0.2) is 22.1 Å². The van der Waals surface area contributed by atoms with E-state index in [1.165, 1.54) is 0 Å². The van der Waals surface area contributed by atoms with E-state index in [-0.39, 0.29) is 5.97 Å². The molecule has 0 amide bonds. The van der Waals surface area contributed by atoms with Crippen LogP contribution in [-0.2, 0) is 18.2 Å². The van der Waals surface area contributed by atoms with Crippen molar-refractivity contribution in [3.8, 4) is 0 Å². The zero-order chi connectivity index (χ0) is 13.1. The summed E-state index contributed by atoms with van der Waals surface area (Å²) < 4.78 is 7.03. The van der Waals surface area contributed by atoms with Crippen LogP contribution in [0.25, 0.3) is 10.9 Å². The minimum absolute atomic E-state index is 0.250. The van der Waals surface area contributed by atoms with Gasteiger partial charge < -0.3 is 9.30 Å². The molecule has 0 saturated carbocycles. The normalized spacial score (nSPS) is 10.8. The molecule has 0 N–H and O–H groups in total. The SMILES string of the molecule is CCCc1c(C(=O)OCC)n(C)c2cnccc12. The lowest BCUT2D eigenvalue weighted by Gasteiger charge is -2.06. The molecule has 0 saturated heterocycles. The lowest BCUT2D eigenvalue weighted by Crippen LogP contribution is -2.12. The van der Waals surface area contributed by atoms with E-state index >= 15 is 0 Å². The summed E-state index contributed by atoms with van der Waals surface area (Å²) >= 11 is 0. The van der Waals surface area contributed by atoms with Crippen LogP contribution >= 0.6 is 0 Å². The second-order valence-electron chi connectivity index (χ2n) is 4.25. The fraction of sp³-hybridized carbons (Fsp3) is 0.429. The third-order valence-corrected chi connectivity index (χ3v) is 3.08. The van der Waals surface area contributed by atoms with Crippen LogP contribution in [0.3, 0.4) is 0 Å². The molecule has 0 atom stereocenters. The highest BCUT2D eigenvalue weighted by Gasteiger charge is 2.21. The van der Waals surface area contributed by atoms with E-state index in [1.54, 1.807) is 12.4 Å². The molecule has 4 nitrogen and oxygen atoms in total. The molecule has 2 aromatic heterocycles. The molecule has 0 spiro atoms. The molecule has 4 heteroatoms. The van der Waals surface area contributed by atoms with Gasteiger partial charge >= 0.3 is 5.97 Å². The van der Waals surface area contributed by atoms with Gasteiger partial charge in [0, 0.05) is 18.6 Å². The van der Waals surface area contributed by atoms with Crippen molar-refractivity contribution in [2.75, 3.05) is 6.61 Å². The molecule has 0 aliphatic heterocycles. The predicted octanol–water partition coefficient (Wildman–Crippen LogP) is 2.70. The number of aryl methyl sites for hydroxylation is 2. The monoisotopic (exact) mass is 246 g/mol. The summed E-state index contributed by atoms with van der Waals surface area (Å²) in [6.07, 6.45) is 5.41. The molecule has 0 fully saturated rings. The van der Waals surface area contributed by atoms with Gasteiger partial charge in [-0.2, -0.15) is 0 Å². The number of esters is 1. The number of rotatable bonds is 4. The summed E-state index contributed by atoms with van der Waals surface area (Å²) in [5.74, 6) is -0.250. The molecule has 0 radical (unpaired) electrons. The van der Waals surface area contributed by atoms with Crippen molar-refractivity contribution >= 4 is 16.9 Å². The maximum atomic E-state index is 12.1. The van der Waals surface area contributed by atoms with Crippen LogP contribution in [0.5, 0.6) is 0 Å². The molecular weight excluding hydrogens is 228 g/mol. The molecule has 0 bridgehead atoms. The van der Waals surface area contributed by atoms with Crippen molar-refractivity contribution in [3.63, 3.8) is 0 Å². The van der Waals surface area contributed by atoms with Gasteiger partial charge in [-0.3, -0.25) is 4.98 Å². The Kier molecular flexibility index (Phi) is 3.65. The van der Waals surface area contributed by atoms with Crippen molar-refractivity contribution in [2.45, 2.75) is 26.7 Å². The van der Waals surface area contributed by atoms with E-state index in [9.17, 15) is 4.79 Å². The lowest BCUT2D eigenvalue weighted by atomic mass is 10.1. The van der Waals surface area contributed by atoms with E-state index in [2.05, 4.69) is 11.9 Å². The molecule has 2 aromatic rings. The van der Waals surface area contributed by atoms with Crippen LogP contribution in [0.4, 0.5) is 0 Å². The molecule has 0 aliphatic rings. The standard InChI is InChI=1S/C14H18N2O2/c1-4-6-11-10-7-8-15-9-12(10)16(3)13(11)14(17)18-5-2/h7-9H,4-6H2,1-3H3. The molecule has 2 rings (SSSR count). The summed E-state index contributed by atoms with van der Waals surface area (Å²) in [7, 11) is 1.88. The maximum Gasteiger partial charge on any atom is 0.355 e. The Bertz CT molecular complexity index is 572. The molecule has 96 valence electrons. The van der Waals surface area contributed by atoms with Crippen molar-refractivity contribution in [1.82, 2.24) is 9.55 Å². The Morgan fingerprint density at radius 1 is 1.44 bits per heavy atom. The summed E-state index contributed by atoms with van der Waals surface area (Å²) in [5.41, 5.74) is 2.70. The van der Waals surface area contributed by atoms with E-state index < -0.39 is 0 Å². The van der Waals surface area contributed by atoms with Gasteiger partial charge in [0.05, 0.1) is 18.3 Å². The van der Waals surface area contributed by atoms with Crippen molar-refractivity contribution in [3.05, 3.63) is 29.7 Å². The van der Waals surface area contributed by atoms with Crippen LogP contribution < -0.4 is 0 Å². The molecular formula is C14H18N2O2. The third-order valence-electron chi connectivity index (χ3n) is 3.08. The number of nitrogens with zero attached hydrogens (tertiary/aromatic N) is 2. The quantitative estimate of drug-likeness (QED) is 0.779. The largest absolute Gasteiger partial charge is 0.461 e. The smallest absolute Gasteiger partial charge is 0.355 e. The number of fused-ring (bicyclic) bond motifs is 1. The molecule has 0 aliphatic carbocycles. The number of ether oxygens (including phenoxy) is 1. The molecule has 18 heavy (non-hydrogen) atoms. The second kappa shape index (κ2) is 5.21. The Labute approximate surface area is 107 Å². The van der Waals surface area contributed by atoms with Gasteiger partial charge in [-0.05, 0) is 25.0 Å². The summed E-state index contributed by atoms with van der Waals surface area (Å²) in [6, 6.07) is 1.96. The van der Waals surface area contributed by atoms with E-state index in [1.807, 2.05) is 24.6 Å². The molecule has 0 unspecified atom stereocenters. The minimum Gasteiger partial charge on any atom is -0.461 e. The van der Waals surface area contributed by atoms with Gasteiger partial charge in [-0.15, -0.1) is 0 Å². The van der Waals surface area contributed by atoms with Gasteiger partial charge in [0.1, 0.15) is 5.69 Å². The van der Waals surface area contributed by atoms with Crippen LogP contribution in [0.2, 0.25) is 0 Å². The van der Waals surface area contributed by atoms with Crippen molar-refractivity contribution in [1.29, 1.82) is 0 Å².